The zero-order valence-electron chi connectivity index (χ0n) is 13.3. The van der Waals surface area contributed by atoms with E-state index in [0.29, 0.717) is 6.42 Å². The van der Waals surface area contributed by atoms with Gasteiger partial charge in [0.25, 0.3) is 5.69 Å². The minimum absolute atomic E-state index is 0.0740. The molecule has 1 fully saturated rings. The molecule has 2 N–H and O–H groups in total. The van der Waals surface area contributed by atoms with Gasteiger partial charge in [-0.25, -0.2) is 8.42 Å². The third kappa shape index (κ3) is 3.94. The molecule has 0 aliphatic carbocycles. The van der Waals surface area contributed by atoms with Crippen molar-refractivity contribution in [2.45, 2.75) is 36.7 Å². The first-order valence-corrected chi connectivity index (χ1v) is 8.88. The van der Waals surface area contributed by atoms with E-state index in [0.717, 1.165) is 10.4 Å². The standard InChI is InChI=1S/C14H17N3O7S/c1-9(14(19)20)15-13(18)12-6-3-7-16(12)25(23,24)11-5-2-4-10(8-11)17(21)22/h2,4-5,8-9,12H,3,6-7H2,1H3,(H,15,18)(H,19,20)/t9-,12?/m0/s1. The average molecular weight is 371 g/mol. The molecule has 10 nitrogen and oxygen atoms in total. The number of amides is 1. The number of nitro groups is 1. The largest absolute Gasteiger partial charge is 0.480 e. The van der Waals surface area contributed by atoms with Gasteiger partial charge in [0.2, 0.25) is 15.9 Å². The number of carbonyl (C=O) groups excluding carboxylic acids is 1. The summed E-state index contributed by atoms with van der Waals surface area (Å²) in [5, 5.41) is 21.9. The molecule has 0 spiro atoms. The molecule has 11 heteroatoms. The zero-order chi connectivity index (χ0) is 18.8. The molecule has 1 saturated heterocycles. The van der Waals surface area contributed by atoms with Crippen molar-refractivity contribution in [1.82, 2.24) is 9.62 Å². The van der Waals surface area contributed by atoms with E-state index in [2.05, 4.69) is 5.32 Å². The van der Waals surface area contributed by atoms with Crippen molar-refractivity contribution < 1.29 is 28.0 Å². The van der Waals surface area contributed by atoms with Gasteiger partial charge in [0.15, 0.2) is 0 Å². The number of nitro benzene ring substituents is 1. The molecule has 0 saturated carbocycles. The van der Waals surface area contributed by atoms with Crippen molar-refractivity contribution in [3.8, 4) is 0 Å². The third-order valence-electron chi connectivity index (χ3n) is 3.87. The molecule has 2 atom stereocenters. The number of sulfonamides is 1. The zero-order valence-corrected chi connectivity index (χ0v) is 14.1. The smallest absolute Gasteiger partial charge is 0.325 e. The molecule has 1 aromatic carbocycles. The highest BCUT2D eigenvalue weighted by atomic mass is 32.2. The molecular weight excluding hydrogens is 354 g/mol. The van der Waals surface area contributed by atoms with Crippen LogP contribution < -0.4 is 5.32 Å². The van der Waals surface area contributed by atoms with Gasteiger partial charge in [-0.15, -0.1) is 0 Å². The predicted molar refractivity (Wildman–Crippen MR) is 85.3 cm³/mol. The summed E-state index contributed by atoms with van der Waals surface area (Å²) < 4.78 is 26.5. The van der Waals surface area contributed by atoms with E-state index >= 15 is 0 Å². The van der Waals surface area contributed by atoms with Gasteiger partial charge in [0, 0.05) is 18.7 Å². The van der Waals surface area contributed by atoms with Crippen molar-refractivity contribution >= 4 is 27.6 Å². The first kappa shape index (κ1) is 18.8. The number of aliphatic carboxylic acids is 1. The van der Waals surface area contributed by atoms with Gasteiger partial charge in [-0.3, -0.25) is 19.7 Å². The summed E-state index contributed by atoms with van der Waals surface area (Å²) >= 11 is 0. The van der Waals surface area contributed by atoms with Gasteiger partial charge < -0.3 is 10.4 Å². The number of rotatable bonds is 6. The van der Waals surface area contributed by atoms with Crippen LogP contribution in [0.5, 0.6) is 0 Å². The Balaban J connectivity index is 2.28. The van der Waals surface area contributed by atoms with Crippen molar-refractivity contribution in [3.05, 3.63) is 34.4 Å². The summed E-state index contributed by atoms with van der Waals surface area (Å²) in [6, 6.07) is 2.36. The van der Waals surface area contributed by atoms with Crippen molar-refractivity contribution in [2.75, 3.05) is 6.54 Å². The highest BCUT2D eigenvalue weighted by Gasteiger charge is 2.40. The van der Waals surface area contributed by atoms with Crippen LogP contribution in [0.4, 0.5) is 5.69 Å². The van der Waals surface area contributed by atoms with Crippen molar-refractivity contribution in [3.63, 3.8) is 0 Å². The van der Waals surface area contributed by atoms with E-state index in [1.807, 2.05) is 0 Å². The molecule has 0 radical (unpaired) electrons. The molecule has 1 aliphatic heterocycles. The maximum Gasteiger partial charge on any atom is 0.325 e. The van der Waals surface area contributed by atoms with Gasteiger partial charge in [-0.2, -0.15) is 4.31 Å². The van der Waals surface area contributed by atoms with E-state index in [1.165, 1.54) is 25.1 Å². The first-order valence-electron chi connectivity index (χ1n) is 7.44. The van der Waals surface area contributed by atoms with Crippen LogP contribution in [0.2, 0.25) is 0 Å². The highest BCUT2D eigenvalue weighted by Crippen LogP contribution is 2.28. The summed E-state index contributed by atoms with van der Waals surface area (Å²) in [5.74, 6) is -1.94. The Hall–Kier alpha value is -2.53. The molecule has 136 valence electrons. The summed E-state index contributed by atoms with van der Waals surface area (Å²) in [5.41, 5.74) is -0.374. The number of hydrogen-bond acceptors (Lipinski definition) is 6. The Bertz CT molecular complexity index is 808. The van der Waals surface area contributed by atoms with Crippen LogP contribution >= 0.6 is 0 Å². The first-order chi connectivity index (χ1) is 11.6. The fourth-order valence-electron chi connectivity index (χ4n) is 2.55. The Morgan fingerprint density at radius 2 is 2.12 bits per heavy atom. The Labute approximate surface area is 143 Å². The second kappa shape index (κ2) is 7.15. The van der Waals surface area contributed by atoms with Crippen LogP contribution in [-0.4, -0.2) is 53.3 Å². The summed E-state index contributed by atoms with van der Waals surface area (Å²) in [6.07, 6.45) is 0.667. The lowest BCUT2D eigenvalue weighted by atomic mass is 10.2. The van der Waals surface area contributed by atoms with E-state index in [9.17, 15) is 28.1 Å². The minimum Gasteiger partial charge on any atom is -0.480 e. The molecule has 1 heterocycles. The van der Waals surface area contributed by atoms with Gasteiger partial charge in [-0.05, 0) is 25.8 Å². The summed E-state index contributed by atoms with van der Waals surface area (Å²) in [4.78, 5) is 32.9. The number of carbonyl (C=O) groups is 2. The lowest BCUT2D eigenvalue weighted by Crippen LogP contribution is -2.49. The molecule has 0 bridgehead atoms. The van der Waals surface area contributed by atoms with Crippen LogP contribution in [0, 0.1) is 10.1 Å². The Morgan fingerprint density at radius 1 is 1.44 bits per heavy atom. The quantitative estimate of drug-likeness (QED) is 0.541. The van der Waals surface area contributed by atoms with E-state index < -0.39 is 38.9 Å². The number of nitrogens with zero attached hydrogens (tertiary/aromatic N) is 2. The molecule has 2 rings (SSSR count). The number of non-ortho nitro benzene ring substituents is 1. The van der Waals surface area contributed by atoms with E-state index in [4.69, 9.17) is 5.11 Å². The number of nitrogens with one attached hydrogen (secondary N) is 1. The van der Waals surface area contributed by atoms with Crippen LogP contribution in [0.1, 0.15) is 19.8 Å². The minimum atomic E-state index is -4.12. The van der Waals surface area contributed by atoms with Gasteiger partial charge in [0.1, 0.15) is 12.1 Å². The average Bonchev–Trinajstić information content (AvgIpc) is 3.05. The molecule has 1 amide bonds. The van der Waals surface area contributed by atoms with E-state index in [-0.39, 0.29) is 23.5 Å². The molecule has 25 heavy (non-hydrogen) atoms. The van der Waals surface area contributed by atoms with Crippen molar-refractivity contribution in [1.29, 1.82) is 0 Å². The van der Waals surface area contributed by atoms with Crippen LogP contribution in [-0.2, 0) is 19.6 Å². The fraction of sp³-hybridized carbons (Fsp3) is 0.429. The summed E-state index contributed by atoms with van der Waals surface area (Å²) in [6.45, 7) is 1.35. The predicted octanol–water partition coefficient (Wildman–Crippen LogP) is 0.337. The summed E-state index contributed by atoms with van der Waals surface area (Å²) in [7, 11) is -4.12. The third-order valence-corrected chi connectivity index (χ3v) is 5.77. The van der Waals surface area contributed by atoms with Crippen LogP contribution in [0.25, 0.3) is 0 Å². The monoisotopic (exact) mass is 371 g/mol. The Morgan fingerprint density at radius 3 is 2.72 bits per heavy atom. The normalized spacial score (nSPS) is 19.3. The van der Waals surface area contributed by atoms with Crippen molar-refractivity contribution in [2.24, 2.45) is 0 Å². The Kier molecular flexibility index (Phi) is 5.38. The number of carboxylic acid groups (broad SMARTS) is 1. The molecular formula is C14H17N3O7S. The lowest BCUT2D eigenvalue weighted by molar-refractivity contribution is -0.385. The molecule has 0 aromatic heterocycles. The number of carboxylic acids is 1. The highest BCUT2D eigenvalue weighted by molar-refractivity contribution is 7.89. The SMILES string of the molecule is C[C@H](NC(=O)C1CCCN1S(=O)(=O)c1cccc([N+](=O)[O-])c1)C(=O)O. The molecule has 1 unspecified atom stereocenters. The topological polar surface area (TPSA) is 147 Å². The number of hydrogen-bond donors (Lipinski definition) is 2. The second-order valence-electron chi connectivity index (χ2n) is 5.60. The lowest BCUT2D eigenvalue weighted by Gasteiger charge is -2.24. The second-order valence-corrected chi connectivity index (χ2v) is 7.49. The molecule has 1 aromatic rings. The van der Waals surface area contributed by atoms with Gasteiger partial charge in [-0.1, -0.05) is 6.07 Å². The van der Waals surface area contributed by atoms with Crippen LogP contribution in [0.3, 0.4) is 0 Å². The van der Waals surface area contributed by atoms with Gasteiger partial charge in [0.05, 0.1) is 9.82 Å². The van der Waals surface area contributed by atoms with Crippen LogP contribution in [0.15, 0.2) is 29.2 Å². The van der Waals surface area contributed by atoms with E-state index in [1.54, 1.807) is 0 Å². The molecule has 1 aliphatic rings. The van der Waals surface area contributed by atoms with Gasteiger partial charge >= 0.3 is 5.97 Å². The number of benzene rings is 1. The maximum absolute atomic E-state index is 12.8. The fourth-order valence-corrected chi connectivity index (χ4v) is 4.25. The maximum atomic E-state index is 12.8.